The minimum atomic E-state index is 0.426. The molecular weight excluding hydrogens is 326 g/mol. The summed E-state index contributed by atoms with van der Waals surface area (Å²) in [5.74, 6) is 0. The Morgan fingerprint density at radius 3 is 2.63 bits per heavy atom. The Kier molecular flexibility index (Phi) is 3.31. The van der Waals surface area contributed by atoms with E-state index in [1.807, 2.05) is 47.0 Å². The normalized spacial score (nSPS) is 11.1. The number of halogens is 2. The summed E-state index contributed by atoms with van der Waals surface area (Å²) in [4.78, 5) is 4.68. The fourth-order valence-corrected chi connectivity index (χ4v) is 2.68. The molecule has 0 atom stereocenters. The third kappa shape index (κ3) is 2.16. The first-order valence-corrected chi connectivity index (χ1v) is 6.99. The Labute approximate surface area is 124 Å². The molecule has 0 aliphatic rings. The van der Waals surface area contributed by atoms with Gasteiger partial charge in [0, 0.05) is 23.3 Å². The molecule has 5 heteroatoms. The highest BCUT2D eigenvalue weighted by atomic mass is 79.9. The number of fused-ring (bicyclic) bond motifs is 1. The van der Waals surface area contributed by atoms with E-state index >= 15 is 0 Å². The van der Waals surface area contributed by atoms with E-state index in [-0.39, 0.29) is 0 Å². The lowest BCUT2D eigenvalue weighted by atomic mass is 10.1. The summed E-state index contributed by atoms with van der Waals surface area (Å²) in [6, 6.07) is 11.6. The second-order valence-electron chi connectivity index (χ2n) is 4.17. The van der Waals surface area contributed by atoms with Crippen molar-refractivity contribution in [1.82, 2.24) is 9.38 Å². The molecule has 19 heavy (non-hydrogen) atoms. The number of aromatic nitrogens is 2. The van der Waals surface area contributed by atoms with Gasteiger partial charge in [-0.1, -0.05) is 23.7 Å². The average Bonchev–Trinajstić information content (AvgIpc) is 2.79. The second kappa shape index (κ2) is 4.96. The van der Waals surface area contributed by atoms with E-state index in [4.69, 9.17) is 17.3 Å². The zero-order valence-corrected chi connectivity index (χ0v) is 12.3. The SMILES string of the molecule is NCc1c(-c2ccc(Cl)cc2)nc2c(Br)cccn12. The number of imidazole rings is 1. The highest BCUT2D eigenvalue weighted by molar-refractivity contribution is 9.10. The van der Waals surface area contributed by atoms with Gasteiger partial charge in [-0.2, -0.15) is 0 Å². The Morgan fingerprint density at radius 2 is 1.95 bits per heavy atom. The van der Waals surface area contributed by atoms with Gasteiger partial charge >= 0.3 is 0 Å². The van der Waals surface area contributed by atoms with Crippen molar-refractivity contribution < 1.29 is 0 Å². The predicted molar refractivity (Wildman–Crippen MR) is 81.2 cm³/mol. The minimum absolute atomic E-state index is 0.426. The zero-order chi connectivity index (χ0) is 13.4. The van der Waals surface area contributed by atoms with Crippen molar-refractivity contribution in [3.8, 4) is 11.3 Å². The molecule has 0 radical (unpaired) electrons. The van der Waals surface area contributed by atoms with Crippen LogP contribution < -0.4 is 5.73 Å². The lowest BCUT2D eigenvalue weighted by molar-refractivity contribution is 0.960. The van der Waals surface area contributed by atoms with E-state index in [1.54, 1.807) is 0 Å². The molecule has 2 heterocycles. The van der Waals surface area contributed by atoms with Crippen molar-refractivity contribution in [1.29, 1.82) is 0 Å². The van der Waals surface area contributed by atoms with Crippen LogP contribution in [0, 0.1) is 0 Å². The summed E-state index contributed by atoms with van der Waals surface area (Å²) in [5, 5.41) is 0.711. The fraction of sp³-hybridized carbons (Fsp3) is 0.0714. The summed E-state index contributed by atoms with van der Waals surface area (Å²) >= 11 is 9.43. The van der Waals surface area contributed by atoms with Gasteiger partial charge < -0.3 is 10.1 Å². The molecule has 1 aromatic carbocycles. The third-order valence-electron chi connectivity index (χ3n) is 3.01. The molecule has 0 saturated carbocycles. The van der Waals surface area contributed by atoms with Crippen molar-refractivity contribution in [3.63, 3.8) is 0 Å². The largest absolute Gasteiger partial charge is 0.325 e. The number of benzene rings is 1. The van der Waals surface area contributed by atoms with Crippen LogP contribution in [0.25, 0.3) is 16.9 Å². The Hall–Kier alpha value is -1.36. The number of nitrogens with two attached hydrogens (primary N) is 1. The molecular formula is C14H11BrClN3. The predicted octanol–water partition coefficient (Wildman–Crippen LogP) is 3.88. The lowest BCUT2D eigenvalue weighted by Gasteiger charge is -2.02. The molecule has 2 N–H and O–H groups in total. The lowest BCUT2D eigenvalue weighted by Crippen LogP contribution is -2.02. The average molecular weight is 337 g/mol. The van der Waals surface area contributed by atoms with Crippen LogP contribution in [0.4, 0.5) is 0 Å². The molecule has 0 aliphatic carbocycles. The maximum absolute atomic E-state index is 5.92. The van der Waals surface area contributed by atoms with Gasteiger partial charge in [0.2, 0.25) is 0 Å². The van der Waals surface area contributed by atoms with Gasteiger partial charge in [-0.15, -0.1) is 0 Å². The standard InChI is InChI=1S/C14H11BrClN3/c15-11-2-1-7-19-12(8-17)13(18-14(11)19)9-3-5-10(16)6-4-9/h1-7H,8,17H2. The van der Waals surface area contributed by atoms with E-state index in [0.717, 1.165) is 27.1 Å². The Morgan fingerprint density at radius 1 is 1.21 bits per heavy atom. The van der Waals surface area contributed by atoms with Crippen molar-refractivity contribution in [2.45, 2.75) is 6.54 Å². The van der Waals surface area contributed by atoms with Crippen molar-refractivity contribution in [2.24, 2.45) is 5.73 Å². The zero-order valence-electron chi connectivity index (χ0n) is 9.98. The highest BCUT2D eigenvalue weighted by Crippen LogP contribution is 2.28. The molecule has 0 saturated heterocycles. The van der Waals surface area contributed by atoms with Crippen LogP contribution in [-0.4, -0.2) is 9.38 Å². The van der Waals surface area contributed by atoms with Crippen LogP contribution >= 0.6 is 27.5 Å². The van der Waals surface area contributed by atoms with Gasteiger partial charge in [0.15, 0.2) is 5.65 Å². The van der Waals surface area contributed by atoms with Gasteiger partial charge in [0.25, 0.3) is 0 Å². The molecule has 3 aromatic rings. The molecule has 3 rings (SSSR count). The molecule has 96 valence electrons. The van der Waals surface area contributed by atoms with Crippen LogP contribution in [0.5, 0.6) is 0 Å². The first kappa shape index (κ1) is 12.7. The summed E-state index contributed by atoms with van der Waals surface area (Å²) in [6.45, 7) is 0.426. The van der Waals surface area contributed by atoms with Gasteiger partial charge in [-0.05, 0) is 40.2 Å². The van der Waals surface area contributed by atoms with Gasteiger partial charge in [0.05, 0.1) is 15.9 Å². The van der Waals surface area contributed by atoms with Gasteiger partial charge in [-0.3, -0.25) is 0 Å². The molecule has 0 fully saturated rings. The van der Waals surface area contributed by atoms with Gasteiger partial charge in [0.1, 0.15) is 0 Å². The number of hydrogen-bond acceptors (Lipinski definition) is 2. The van der Waals surface area contributed by atoms with Crippen molar-refractivity contribution in [2.75, 3.05) is 0 Å². The number of pyridine rings is 1. The quantitative estimate of drug-likeness (QED) is 0.772. The van der Waals surface area contributed by atoms with Crippen LogP contribution in [0.1, 0.15) is 5.69 Å². The Bertz CT molecular complexity index is 734. The van der Waals surface area contributed by atoms with Crippen molar-refractivity contribution in [3.05, 3.63) is 57.8 Å². The second-order valence-corrected chi connectivity index (χ2v) is 5.46. The fourth-order valence-electron chi connectivity index (χ4n) is 2.12. The Balaban J connectivity index is 2.29. The number of hydrogen-bond donors (Lipinski definition) is 1. The van der Waals surface area contributed by atoms with E-state index in [2.05, 4.69) is 20.9 Å². The van der Waals surface area contributed by atoms with Crippen molar-refractivity contribution >= 4 is 33.2 Å². The van der Waals surface area contributed by atoms with E-state index in [0.29, 0.717) is 11.6 Å². The molecule has 2 aromatic heterocycles. The number of rotatable bonds is 2. The molecule has 0 spiro atoms. The van der Waals surface area contributed by atoms with E-state index in [1.165, 1.54) is 0 Å². The number of nitrogens with zero attached hydrogens (tertiary/aromatic N) is 2. The maximum Gasteiger partial charge on any atom is 0.152 e. The van der Waals surface area contributed by atoms with Gasteiger partial charge in [-0.25, -0.2) is 4.98 Å². The van der Waals surface area contributed by atoms with Crippen LogP contribution in [0.15, 0.2) is 47.1 Å². The van der Waals surface area contributed by atoms with Crippen LogP contribution in [0.2, 0.25) is 5.02 Å². The summed E-state index contributed by atoms with van der Waals surface area (Å²) < 4.78 is 2.96. The smallest absolute Gasteiger partial charge is 0.152 e. The van der Waals surface area contributed by atoms with E-state index < -0.39 is 0 Å². The highest BCUT2D eigenvalue weighted by Gasteiger charge is 2.14. The monoisotopic (exact) mass is 335 g/mol. The molecule has 0 unspecified atom stereocenters. The minimum Gasteiger partial charge on any atom is -0.325 e. The summed E-state index contributed by atoms with van der Waals surface area (Å²) in [6.07, 6.45) is 1.97. The van der Waals surface area contributed by atoms with Crippen LogP contribution in [0.3, 0.4) is 0 Å². The van der Waals surface area contributed by atoms with Crippen LogP contribution in [-0.2, 0) is 6.54 Å². The first-order valence-electron chi connectivity index (χ1n) is 5.82. The summed E-state index contributed by atoms with van der Waals surface area (Å²) in [7, 11) is 0. The molecule has 3 nitrogen and oxygen atoms in total. The van der Waals surface area contributed by atoms with E-state index in [9.17, 15) is 0 Å². The first-order chi connectivity index (χ1) is 9.20. The summed E-state index contributed by atoms with van der Waals surface area (Å²) in [5.41, 5.74) is 9.64. The molecule has 0 aliphatic heterocycles. The molecule has 0 bridgehead atoms. The topological polar surface area (TPSA) is 43.3 Å². The maximum atomic E-state index is 5.92. The molecule has 0 amide bonds. The third-order valence-corrected chi connectivity index (χ3v) is 3.88.